The number of rotatable bonds is 6. The monoisotopic (exact) mass is 560 g/mol. The van der Waals surface area contributed by atoms with Crippen molar-refractivity contribution in [1.29, 1.82) is 5.41 Å². The molecule has 11 heteroatoms. The van der Waals surface area contributed by atoms with Gasteiger partial charge < -0.3 is 26.0 Å². The summed E-state index contributed by atoms with van der Waals surface area (Å²) in [5, 5.41) is 15.0. The Morgan fingerprint density at radius 2 is 1.76 bits per heavy atom. The van der Waals surface area contributed by atoms with Crippen molar-refractivity contribution in [2.45, 2.75) is 66.0 Å². The van der Waals surface area contributed by atoms with Crippen LogP contribution in [-0.2, 0) is 4.74 Å². The Hall–Kier alpha value is -4.54. The van der Waals surface area contributed by atoms with Gasteiger partial charge in [0.05, 0.1) is 11.3 Å². The number of ether oxygens (including phenoxy) is 1. The molecule has 11 nitrogen and oxygen atoms in total. The Balaban J connectivity index is 0.00000226. The van der Waals surface area contributed by atoms with Crippen molar-refractivity contribution in [3.05, 3.63) is 71.2 Å². The van der Waals surface area contributed by atoms with Gasteiger partial charge in [0.15, 0.2) is 0 Å². The summed E-state index contributed by atoms with van der Waals surface area (Å²) in [6, 6.07) is 10.2. The fourth-order valence-corrected chi connectivity index (χ4v) is 4.26. The van der Waals surface area contributed by atoms with E-state index in [9.17, 15) is 9.59 Å². The molecule has 1 aliphatic rings. The summed E-state index contributed by atoms with van der Waals surface area (Å²) in [6.45, 7) is 12.5. The van der Waals surface area contributed by atoms with Crippen molar-refractivity contribution in [3.63, 3.8) is 0 Å². The van der Waals surface area contributed by atoms with E-state index in [-0.39, 0.29) is 29.6 Å². The normalized spacial score (nSPS) is 14.8. The summed E-state index contributed by atoms with van der Waals surface area (Å²) < 4.78 is 5.53. The van der Waals surface area contributed by atoms with Gasteiger partial charge in [-0.25, -0.2) is 19.7 Å². The molecule has 1 aromatic carbocycles. The van der Waals surface area contributed by atoms with Gasteiger partial charge in [-0.1, -0.05) is 26.0 Å². The number of nitrogens with zero attached hydrogens (tertiary/aromatic N) is 4. The molecule has 3 heterocycles. The van der Waals surface area contributed by atoms with E-state index in [2.05, 4.69) is 25.6 Å². The lowest BCUT2D eigenvalue weighted by molar-refractivity contribution is 0.0206. The molecule has 0 bridgehead atoms. The Morgan fingerprint density at radius 1 is 1.07 bits per heavy atom. The third-order valence-corrected chi connectivity index (χ3v) is 6.13. The summed E-state index contributed by atoms with van der Waals surface area (Å²) in [6.07, 6.45) is 4.23. The molecule has 0 saturated carbocycles. The van der Waals surface area contributed by atoms with Crippen LogP contribution in [0.5, 0.6) is 0 Å². The van der Waals surface area contributed by atoms with Gasteiger partial charge in [0.25, 0.3) is 5.91 Å². The van der Waals surface area contributed by atoms with Gasteiger partial charge in [-0.2, -0.15) is 0 Å². The first-order valence-corrected chi connectivity index (χ1v) is 13.8. The molecule has 218 valence electrons. The lowest BCUT2D eigenvalue weighted by Crippen LogP contribution is -2.47. The highest BCUT2D eigenvalue weighted by Crippen LogP contribution is 2.25. The van der Waals surface area contributed by atoms with Gasteiger partial charge in [-0.15, -0.1) is 0 Å². The third kappa shape index (κ3) is 8.47. The molecule has 1 saturated heterocycles. The van der Waals surface area contributed by atoms with E-state index in [4.69, 9.17) is 15.9 Å². The van der Waals surface area contributed by atoms with Crippen LogP contribution in [0.25, 0.3) is 0 Å². The van der Waals surface area contributed by atoms with Crippen molar-refractivity contribution in [2.75, 3.05) is 29.5 Å². The van der Waals surface area contributed by atoms with E-state index in [1.807, 2.05) is 47.6 Å². The summed E-state index contributed by atoms with van der Waals surface area (Å²) in [4.78, 5) is 39.5. The number of nitrogens with one attached hydrogen (secondary N) is 3. The Kier molecular flexibility index (Phi) is 10.3. The molecule has 1 aliphatic heterocycles. The molecule has 0 radical (unpaired) electrons. The second kappa shape index (κ2) is 13.7. The number of amides is 2. The number of aryl methyl sites for hydroxylation is 1. The zero-order chi connectivity index (χ0) is 30.2. The van der Waals surface area contributed by atoms with Crippen LogP contribution in [0.2, 0.25) is 0 Å². The number of carbonyl (C=O) groups excluding carboxylic acids is 2. The third-order valence-electron chi connectivity index (χ3n) is 6.13. The maximum absolute atomic E-state index is 12.7. The van der Waals surface area contributed by atoms with E-state index in [1.165, 1.54) is 6.33 Å². The molecule has 0 aliphatic carbocycles. The number of hydrogen-bond acceptors (Lipinski definition) is 9. The van der Waals surface area contributed by atoms with Gasteiger partial charge in [0.1, 0.15) is 29.4 Å². The van der Waals surface area contributed by atoms with Crippen LogP contribution >= 0.6 is 0 Å². The fourth-order valence-electron chi connectivity index (χ4n) is 4.26. The molecular weight excluding hydrogens is 520 g/mol. The summed E-state index contributed by atoms with van der Waals surface area (Å²) in [5.41, 5.74) is 8.05. The van der Waals surface area contributed by atoms with Crippen molar-refractivity contribution < 1.29 is 14.3 Å². The first-order valence-electron chi connectivity index (χ1n) is 13.8. The number of benzene rings is 1. The maximum atomic E-state index is 12.7. The minimum Gasteiger partial charge on any atom is -0.444 e. The minimum atomic E-state index is -0.575. The first-order chi connectivity index (χ1) is 19.5. The highest BCUT2D eigenvalue weighted by Gasteiger charge is 2.29. The molecule has 2 aromatic heterocycles. The van der Waals surface area contributed by atoms with E-state index in [0.717, 1.165) is 18.4 Å². The van der Waals surface area contributed by atoms with E-state index in [0.29, 0.717) is 41.4 Å². The molecule has 1 atom stereocenters. The van der Waals surface area contributed by atoms with E-state index >= 15 is 0 Å². The number of hydrogen-bond donors (Lipinski definition) is 4. The highest BCUT2D eigenvalue weighted by molar-refractivity contribution is 6.16. The standard InChI is InChI=1S/C28H34N8O3.C2H6/c1-17-11-12-31-21(14-17)35-26(37)19-9-7-18(8-10-19)23(29)22-24(30)32-16-33-25(22)34-20-6-5-13-36(15-20)27(38)39-28(2,3)4;1-2/h7-12,14,16,20,29H,5-6,13,15H2,1-4H3,(H,31,35,37)(H3,30,32,33,34);1-2H3. The van der Waals surface area contributed by atoms with Crippen LogP contribution < -0.4 is 16.4 Å². The predicted molar refractivity (Wildman–Crippen MR) is 162 cm³/mol. The van der Waals surface area contributed by atoms with Gasteiger partial charge in [-0.3, -0.25) is 10.2 Å². The van der Waals surface area contributed by atoms with Gasteiger partial charge in [0.2, 0.25) is 0 Å². The van der Waals surface area contributed by atoms with Crippen LogP contribution in [0.3, 0.4) is 0 Å². The Morgan fingerprint density at radius 3 is 2.41 bits per heavy atom. The maximum Gasteiger partial charge on any atom is 0.410 e. The van der Waals surface area contributed by atoms with Crippen molar-refractivity contribution in [2.24, 2.45) is 0 Å². The van der Waals surface area contributed by atoms with Gasteiger partial charge >= 0.3 is 6.09 Å². The largest absolute Gasteiger partial charge is 0.444 e. The predicted octanol–water partition coefficient (Wildman–Crippen LogP) is 5.27. The molecule has 41 heavy (non-hydrogen) atoms. The second-order valence-electron chi connectivity index (χ2n) is 10.5. The summed E-state index contributed by atoms with van der Waals surface area (Å²) in [7, 11) is 0. The number of nitrogen functional groups attached to an aromatic ring is 1. The van der Waals surface area contributed by atoms with Crippen LogP contribution in [-0.4, -0.2) is 62.3 Å². The first kappa shape index (κ1) is 31.0. The van der Waals surface area contributed by atoms with Crippen LogP contribution in [0, 0.1) is 12.3 Å². The van der Waals surface area contributed by atoms with Crippen LogP contribution in [0.1, 0.15) is 74.5 Å². The number of anilines is 3. The zero-order valence-corrected chi connectivity index (χ0v) is 24.6. The molecule has 3 aromatic rings. The number of carbonyl (C=O) groups is 2. The smallest absolute Gasteiger partial charge is 0.410 e. The van der Waals surface area contributed by atoms with Gasteiger partial charge in [0, 0.05) is 36.5 Å². The summed E-state index contributed by atoms with van der Waals surface area (Å²) >= 11 is 0. The second-order valence-corrected chi connectivity index (χ2v) is 10.5. The molecule has 1 unspecified atom stereocenters. The summed E-state index contributed by atoms with van der Waals surface area (Å²) in [5.74, 6) is 0.734. The van der Waals surface area contributed by atoms with E-state index < -0.39 is 5.60 Å². The fraction of sp³-hybridized carbons (Fsp3) is 0.400. The molecule has 0 spiro atoms. The van der Waals surface area contributed by atoms with Crippen molar-refractivity contribution >= 4 is 35.2 Å². The highest BCUT2D eigenvalue weighted by atomic mass is 16.6. The number of likely N-dealkylation sites (tertiary alicyclic amines) is 1. The minimum absolute atomic E-state index is 0.103. The van der Waals surface area contributed by atoms with Crippen molar-refractivity contribution in [3.8, 4) is 0 Å². The number of piperidine rings is 1. The van der Waals surface area contributed by atoms with Crippen LogP contribution in [0.4, 0.5) is 22.2 Å². The molecule has 4 rings (SSSR count). The lowest BCUT2D eigenvalue weighted by Gasteiger charge is -2.34. The molecule has 5 N–H and O–H groups in total. The van der Waals surface area contributed by atoms with Gasteiger partial charge in [-0.05, 0) is 70.4 Å². The SMILES string of the molecule is CC.Cc1ccnc(NC(=O)c2ccc(C(=N)c3c(N)ncnc3NC3CCCN(C(=O)OC(C)(C)C)C3)cc2)c1. The molecular formula is C30H40N8O3. The number of pyridine rings is 1. The topological polar surface area (TPSA) is 159 Å². The number of aromatic nitrogens is 3. The van der Waals surface area contributed by atoms with E-state index in [1.54, 1.807) is 41.4 Å². The van der Waals surface area contributed by atoms with Crippen LogP contribution in [0.15, 0.2) is 48.9 Å². The quantitative estimate of drug-likeness (QED) is 0.297. The molecule has 1 fully saturated rings. The average Bonchev–Trinajstić information content (AvgIpc) is 2.93. The molecule has 2 amide bonds. The Bertz CT molecular complexity index is 1370. The van der Waals surface area contributed by atoms with Crippen molar-refractivity contribution in [1.82, 2.24) is 19.9 Å². The number of nitrogens with two attached hydrogens (primary N) is 1. The lowest BCUT2D eigenvalue weighted by atomic mass is 10.0. The Labute approximate surface area is 241 Å². The average molecular weight is 561 g/mol. The zero-order valence-electron chi connectivity index (χ0n) is 24.6.